The van der Waals surface area contributed by atoms with E-state index in [2.05, 4.69) is 31.2 Å². The molecule has 0 saturated carbocycles. The summed E-state index contributed by atoms with van der Waals surface area (Å²) in [6.45, 7) is 0. The third kappa shape index (κ3) is 2.85. The van der Waals surface area contributed by atoms with Crippen LogP contribution in [0.1, 0.15) is 10.5 Å². The van der Waals surface area contributed by atoms with Gasteiger partial charge >= 0.3 is 0 Å². The van der Waals surface area contributed by atoms with Gasteiger partial charge in [0.25, 0.3) is 5.91 Å². The van der Waals surface area contributed by atoms with E-state index in [-0.39, 0.29) is 5.91 Å². The van der Waals surface area contributed by atoms with Crippen LogP contribution >= 0.6 is 15.9 Å². The molecule has 21 heavy (non-hydrogen) atoms. The van der Waals surface area contributed by atoms with E-state index < -0.39 is 0 Å². The summed E-state index contributed by atoms with van der Waals surface area (Å²) in [5.41, 5.74) is 1.45. The van der Waals surface area contributed by atoms with E-state index in [0.717, 1.165) is 0 Å². The molecule has 0 saturated heterocycles. The molecule has 0 aliphatic heterocycles. The maximum Gasteiger partial charge on any atom is 0.275 e. The van der Waals surface area contributed by atoms with Crippen LogP contribution in [-0.4, -0.2) is 15.9 Å². The first-order valence-corrected chi connectivity index (χ1v) is 6.96. The zero-order chi connectivity index (χ0) is 14.7. The van der Waals surface area contributed by atoms with E-state index in [1.807, 2.05) is 0 Å². The topological polar surface area (TPSA) is 68.0 Å². The Kier molecular flexibility index (Phi) is 3.79. The molecular formula is C15H10BrN3O2. The summed E-state index contributed by atoms with van der Waals surface area (Å²) in [4.78, 5) is 20.6. The number of nitrogens with zero attached hydrogens (tertiary/aromatic N) is 2. The number of aromatic nitrogens is 2. The van der Waals surface area contributed by atoms with Crippen molar-refractivity contribution in [3.05, 3.63) is 65.2 Å². The Hall–Kier alpha value is -2.47. The average Bonchev–Trinajstić information content (AvgIpc) is 3.02. The van der Waals surface area contributed by atoms with Gasteiger partial charge in [-0.1, -0.05) is 0 Å². The minimum absolute atomic E-state index is 0.312. The zero-order valence-corrected chi connectivity index (χ0v) is 12.4. The van der Waals surface area contributed by atoms with Crippen LogP contribution in [0.2, 0.25) is 0 Å². The fourth-order valence-corrected chi connectivity index (χ4v) is 2.29. The van der Waals surface area contributed by atoms with E-state index in [0.29, 0.717) is 27.3 Å². The van der Waals surface area contributed by atoms with Crippen LogP contribution < -0.4 is 5.32 Å². The number of hydrogen-bond acceptors (Lipinski definition) is 4. The van der Waals surface area contributed by atoms with Crippen LogP contribution in [-0.2, 0) is 0 Å². The molecule has 3 rings (SSSR count). The maximum atomic E-state index is 12.3. The second-order valence-electron chi connectivity index (χ2n) is 4.16. The van der Waals surface area contributed by atoms with Gasteiger partial charge in [-0.25, -0.2) is 4.98 Å². The first kappa shape index (κ1) is 13.5. The summed E-state index contributed by atoms with van der Waals surface area (Å²) in [5.74, 6) is 0.272. The number of rotatable bonds is 3. The molecule has 0 unspecified atom stereocenters. The quantitative estimate of drug-likeness (QED) is 0.786. The van der Waals surface area contributed by atoms with Gasteiger partial charge in [-0.15, -0.1) is 0 Å². The number of nitrogens with one attached hydrogen (secondary N) is 1. The Labute approximate surface area is 129 Å². The van der Waals surface area contributed by atoms with Gasteiger partial charge < -0.3 is 9.73 Å². The molecule has 0 aromatic carbocycles. The van der Waals surface area contributed by atoms with Gasteiger partial charge in [-0.2, -0.15) is 0 Å². The van der Waals surface area contributed by atoms with E-state index in [9.17, 15) is 4.79 Å². The summed E-state index contributed by atoms with van der Waals surface area (Å²) in [5, 5.41) is 2.80. The first-order chi connectivity index (χ1) is 10.3. The molecule has 6 heteroatoms. The summed E-state index contributed by atoms with van der Waals surface area (Å²) in [6.07, 6.45) is 4.77. The number of halogens is 1. The van der Waals surface area contributed by atoms with Crippen LogP contribution in [0.4, 0.5) is 5.69 Å². The molecular weight excluding hydrogens is 334 g/mol. The highest BCUT2D eigenvalue weighted by molar-refractivity contribution is 9.10. The molecule has 1 amide bonds. The van der Waals surface area contributed by atoms with Gasteiger partial charge in [-0.3, -0.25) is 9.78 Å². The van der Waals surface area contributed by atoms with Crippen molar-refractivity contribution in [1.29, 1.82) is 0 Å². The molecule has 104 valence electrons. The van der Waals surface area contributed by atoms with Crippen LogP contribution in [0.15, 0.2) is 63.9 Å². The molecule has 3 heterocycles. The van der Waals surface area contributed by atoms with E-state index in [1.54, 1.807) is 55.1 Å². The lowest BCUT2D eigenvalue weighted by Gasteiger charge is -2.08. The Morgan fingerprint density at radius 3 is 2.67 bits per heavy atom. The number of hydrogen-bond donors (Lipinski definition) is 1. The molecule has 0 spiro atoms. The Balaban J connectivity index is 1.93. The number of furan rings is 1. The van der Waals surface area contributed by atoms with Crippen molar-refractivity contribution in [2.45, 2.75) is 0 Å². The van der Waals surface area contributed by atoms with Crippen molar-refractivity contribution >= 4 is 27.5 Å². The fraction of sp³-hybridized carbons (Fsp3) is 0. The highest BCUT2D eigenvalue weighted by Gasteiger charge is 2.15. The predicted octanol–water partition coefficient (Wildman–Crippen LogP) is 3.75. The lowest BCUT2D eigenvalue weighted by Crippen LogP contribution is -2.15. The summed E-state index contributed by atoms with van der Waals surface area (Å²) >= 11 is 3.31. The highest BCUT2D eigenvalue weighted by Crippen LogP contribution is 2.26. The summed E-state index contributed by atoms with van der Waals surface area (Å²) in [7, 11) is 0. The summed E-state index contributed by atoms with van der Waals surface area (Å²) < 4.78 is 5.96. The van der Waals surface area contributed by atoms with E-state index in [4.69, 9.17) is 4.42 Å². The first-order valence-electron chi connectivity index (χ1n) is 6.16. The predicted molar refractivity (Wildman–Crippen MR) is 81.8 cm³/mol. The lowest BCUT2D eigenvalue weighted by atomic mass is 10.2. The van der Waals surface area contributed by atoms with Gasteiger partial charge in [0.1, 0.15) is 11.4 Å². The monoisotopic (exact) mass is 343 g/mol. The number of amides is 1. The molecule has 0 aliphatic carbocycles. The van der Waals surface area contributed by atoms with Gasteiger partial charge in [0.05, 0.1) is 12.0 Å². The lowest BCUT2D eigenvalue weighted by molar-refractivity contribution is 0.102. The third-order valence-corrected chi connectivity index (χ3v) is 3.42. The number of pyridine rings is 2. The number of anilines is 1. The molecule has 0 atom stereocenters. The van der Waals surface area contributed by atoms with Crippen LogP contribution in [0.3, 0.4) is 0 Å². The Morgan fingerprint density at radius 2 is 1.90 bits per heavy atom. The van der Waals surface area contributed by atoms with Crippen molar-refractivity contribution < 1.29 is 9.21 Å². The minimum Gasteiger partial charge on any atom is -0.463 e. The maximum absolute atomic E-state index is 12.3. The standard InChI is InChI=1S/C15H10BrN3O2/c16-10-4-1-7-17-13(10)15(20)19-11-5-2-8-18-14(11)12-6-3-9-21-12/h1-9H,(H,19,20). The molecule has 1 N–H and O–H groups in total. The second kappa shape index (κ2) is 5.88. The van der Waals surface area contributed by atoms with Crippen LogP contribution in [0.5, 0.6) is 0 Å². The number of carbonyl (C=O) groups is 1. The van der Waals surface area contributed by atoms with Crippen molar-refractivity contribution in [1.82, 2.24) is 9.97 Å². The Morgan fingerprint density at radius 1 is 1.10 bits per heavy atom. The van der Waals surface area contributed by atoms with Crippen molar-refractivity contribution in [2.75, 3.05) is 5.32 Å². The highest BCUT2D eigenvalue weighted by atomic mass is 79.9. The van der Waals surface area contributed by atoms with Crippen molar-refractivity contribution in [3.63, 3.8) is 0 Å². The van der Waals surface area contributed by atoms with E-state index >= 15 is 0 Å². The largest absolute Gasteiger partial charge is 0.463 e. The van der Waals surface area contributed by atoms with Crippen LogP contribution in [0, 0.1) is 0 Å². The normalized spacial score (nSPS) is 10.3. The third-order valence-electron chi connectivity index (χ3n) is 2.78. The second-order valence-corrected chi connectivity index (χ2v) is 5.02. The smallest absolute Gasteiger partial charge is 0.275 e. The van der Waals surface area contributed by atoms with Gasteiger partial charge in [0.15, 0.2) is 5.76 Å². The Bertz CT molecular complexity index is 772. The summed E-state index contributed by atoms with van der Waals surface area (Å²) in [6, 6.07) is 10.6. The molecule has 3 aromatic heterocycles. The SMILES string of the molecule is O=C(Nc1cccnc1-c1ccco1)c1ncccc1Br. The number of carbonyl (C=O) groups excluding carboxylic acids is 1. The molecule has 0 bridgehead atoms. The zero-order valence-electron chi connectivity index (χ0n) is 10.8. The molecule has 0 fully saturated rings. The minimum atomic E-state index is -0.316. The van der Waals surface area contributed by atoms with E-state index in [1.165, 1.54) is 0 Å². The molecule has 3 aromatic rings. The van der Waals surface area contributed by atoms with Crippen molar-refractivity contribution in [3.8, 4) is 11.5 Å². The molecule has 5 nitrogen and oxygen atoms in total. The molecule has 0 radical (unpaired) electrons. The van der Waals surface area contributed by atoms with Gasteiger partial charge in [0.2, 0.25) is 0 Å². The van der Waals surface area contributed by atoms with Crippen LogP contribution in [0.25, 0.3) is 11.5 Å². The average molecular weight is 344 g/mol. The van der Waals surface area contributed by atoms with Crippen molar-refractivity contribution in [2.24, 2.45) is 0 Å². The fourth-order valence-electron chi connectivity index (χ4n) is 1.85. The van der Waals surface area contributed by atoms with Gasteiger partial charge in [-0.05, 0) is 52.3 Å². The van der Waals surface area contributed by atoms with Gasteiger partial charge in [0, 0.05) is 16.9 Å². The molecule has 0 aliphatic rings.